The zero-order chi connectivity index (χ0) is 23.2. The molecule has 0 unspecified atom stereocenters. The number of amides is 1. The summed E-state index contributed by atoms with van der Waals surface area (Å²) in [6.45, 7) is 9.14. The summed E-state index contributed by atoms with van der Waals surface area (Å²) >= 11 is 0. The van der Waals surface area contributed by atoms with Gasteiger partial charge in [-0.15, -0.1) is 0 Å². The molecule has 0 bridgehead atoms. The van der Waals surface area contributed by atoms with E-state index in [9.17, 15) is 4.79 Å². The molecular formula is C25H36N4O3. The van der Waals surface area contributed by atoms with Gasteiger partial charge in [0, 0.05) is 32.2 Å². The Kier molecular flexibility index (Phi) is 10.9. The van der Waals surface area contributed by atoms with Crippen LogP contribution in [0.25, 0.3) is 0 Å². The summed E-state index contributed by atoms with van der Waals surface area (Å²) in [5, 5.41) is 9.54. The van der Waals surface area contributed by atoms with Crippen molar-refractivity contribution in [1.82, 2.24) is 16.0 Å². The first-order chi connectivity index (χ1) is 15.6. The van der Waals surface area contributed by atoms with Gasteiger partial charge in [0.25, 0.3) is 5.91 Å². The van der Waals surface area contributed by atoms with Gasteiger partial charge in [0.05, 0.1) is 13.2 Å². The number of nitrogens with one attached hydrogen (secondary N) is 3. The third-order valence-electron chi connectivity index (χ3n) is 4.72. The Balaban J connectivity index is 1.86. The van der Waals surface area contributed by atoms with Crippen molar-refractivity contribution in [2.24, 2.45) is 4.99 Å². The molecule has 7 nitrogen and oxygen atoms in total. The molecular weight excluding hydrogens is 404 g/mol. The van der Waals surface area contributed by atoms with E-state index in [1.165, 1.54) is 0 Å². The number of nitrogens with zero attached hydrogens (tertiary/aromatic N) is 1. The van der Waals surface area contributed by atoms with Gasteiger partial charge >= 0.3 is 0 Å². The second-order valence-electron chi connectivity index (χ2n) is 7.21. The standard InChI is InChI=1S/C25H36N4O3/c1-5-14-27-24(30)21-10-8-9-20(16-21)18-29-25(26-4)28-15-13-19-11-12-22(31-6-2)23(17-19)32-7-3/h8-12,16-17H,5-7,13-15,18H2,1-4H3,(H,27,30)(H2,26,28,29). The minimum atomic E-state index is -0.0435. The molecule has 0 aliphatic rings. The Labute approximate surface area is 191 Å². The van der Waals surface area contributed by atoms with E-state index in [-0.39, 0.29) is 5.91 Å². The van der Waals surface area contributed by atoms with Crippen LogP contribution in [0.15, 0.2) is 47.5 Å². The summed E-state index contributed by atoms with van der Waals surface area (Å²) < 4.78 is 11.3. The van der Waals surface area contributed by atoms with Crippen molar-refractivity contribution in [2.75, 3.05) is 33.4 Å². The number of aliphatic imine (C=N–C) groups is 1. The molecule has 0 aliphatic heterocycles. The van der Waals surface area contributed by atoms with Crippen LogP contribution in [-0.4, -0.2) is 45.2 Å². The molecule has 0 fully saturated rings. The third-order valence-corrected chi connectivity index (χ3v) is 4.72. The van der Waals surface area contributed by atoms with E-state index in [1.54, 1.807) is 7.05 Å². The molecule has 0 saturated heterocycles. The molecule has 3 N–H and O–H groups in total. The molecule has 2 aromatic carbocycles. The average molecular weight is 441 g/mol. The predicted molar refractivity (Wildman–Crippen MR) is 130 cm³/mol. The Morgan fingerprint density at radius 3 is 2.38 bits per heavy atom. The number of ether oxygens (including phenoxy) is 2. The maximum atomic E-state index is 12.2. The van der Waals surface area contributed by atoms with E-state index in [0.29, 0.717) is 37.8 Å². The van der Waals surface area contributed by atoms with Gasteiger partial charge in [-0.25, -0.2) is 0 Å². The van der Waals surface area contributed by atoms with Gasteiger partial charge in [-0.3, -0.25) is 9.79 Å². The van der Waals surface area contributed by atoms with Crippen LogP contribution in [0.2, 0.25) is 0 Å². The number of guanidine groups is 1. The lowest BCUT2D eigenvalue weighted by molar-refractivity contribution is 0.0953. The quantitative estimate of drug-likeness (QED) is 0.347. The average Bonchev–Trinajstić information content (AvgIpc) is 2.81. The van der Waals surface area contributed by atoms with Gasteiger partial charge in [-0.2, -0.15) is 0 Å². The highest BCUT2D eigenvalue weighted by Crippen LogP contribution is 2.28. The monoisotopic (exact) mass is 440 g/mol. The largest absolute Gasteiger partial charge is 0.490 e. The van der Waals surface area contributed by atoms with Crippen LogP contribution in [0.1, 0.15) is 48.7 Å². The highest BCUT2D eigenvalue weighted by molar-refractivity contribution is 5.94. The number of benzene rings is 2. The lowest BCUT2D eigenvalue weighted by Crippen LogP contribution is -2.37. The van der Waals surface area contributed by atoms with E-state index in [2.05, 4.69) is 27.0 Å². The molecule has 174 valence electrons. The fourth-order valence-corrected chi connectivity index (χ4v) is 3.15. The molecule has 32 heavy (non-hydrogen) atoms. The SMILES string of the molecule is CCCNC(=O)c1cccc(CNC(=NC)NCCc2ccc(OCC)c(OCC)c2)c1. The third kappa shape index (κ3) is 8.13. The second kappa shape index (κ2) is 14.0. The van der Waals surface area contributed by atoms with Crippen molar-refractivity contribution in [3.05, 3.63) is 59.2 Å². The molecule has 2 rings (SSSR count). The van der Waals surface area contributed by atoms with Gasteiger partial charge in [0.15, 0.2) is 17.5 Å². The molecule has 1 amide bonds. The van der Waals surface area contributed by atoms with E-state index >= 15 is 0 Å². The van der Waals surface area contributed by atoms with Crippen molar-refractivity contribution in [3.8, 4) is 11.5 Å². The molecule has 7 heteroatoms. The lowest BCUT2D eigenvalue weighted by Gasteiger charge is -2.14. The summed E-state index contributed by atoms with van der Waals surface area (Å²) in [7, 11) is 1.74. The maximum Gasteiger partial charge on any atom is 0.251 e. The molecule has 0 spiro atoms. The molecule has 0 heterocycles. The maximum absolute atomic E-state index is 12.2. The van der Waals surface area contributed by atoms with Crippen LogP contribution in [0.4, 0.5) is 0 Å². The fourth-order valence-electron chi connectivity index (χ4n) is 3.15. The second-order valence-corrected chi connectivity index (χ2v) is 7.21. The molecule has 0 saturated carbocycles. The molecule has 0 radical (unpaired) electrons. The van der Waals surface area contributed by atoms with Crippen LogP contribution >= 0.6 is 0 Å². The van der Waals surface area contributed by atoms with Crippen molar-refractivity contribution < 1.29 is 14.3 Å². The normalized spacial score (nSPS) is 11.1. The van der Waals surface area contributed by atoms with Gasteiger partial charge < -0.3 is 25.4 Å². The summed E-state index contributed by atoms with van der Waals surface area (Å²) in [5.74, 6) is 2.21. The van der Waals surface area contributed by atoms with Crippen LogP contribution in [0.5, 0.6) is 11.5 Å². The lowest BCUT2D eigenvalue weighted by atomic mass is 10.1. The van der Waals surface area contributed by atoms with Gasteiger partial charge in [-0.05, 0) is 62.1 Å². The Morgan fingerprint density at radius 2 is 1.66 bits per heavy atom. The zero-order valence-electron chi connectivity index (χ0n) is 19.7. The van der Waals surface area contributed by atoms with Crippen LogP contribution in [0, 0.1) is 0 Å². The van der Waals surface area contributed by atoms with Gasteiger partial charge in [-0.1, -0.05) is 25.1 Å². The van der Waals surface area contributed by atoms with E-state index in [0.717, 1.165) is 42.0 Å². The number of carbonyl (C=O) groups is 1. The summed E-state index contributed by atoms with van der Waals surface area (Å²) in [6, 6.07) is 13.7. The van der Waals surface area contributed by atoms with E-state index < -0.39 is 0 Å². The van der Waals surface area contributed by atoms with E-state index in [4.69, 9.17) is 9.47 Å². The Hall–Kier alpha value is -3.22. The van der Waals surface area contributed by atoms with Crippen LogP contribution in [-0.2, 0) is 13.0 Å². The first kappa shape index (κ1) is 25.0. The van der Waals surface area contributed by atoms with Crippen LogP contribution < -0.4 is 25.4 Å². The van der Waals surface area contributed by atoms with Crippen LogP contribution in [0.3, 0.4) is 0 Å². The van der Waals surface area contributed by atoms with Gasteiger partial charge in [0.1, 0.15) is 0 Å². The molecule has 2 aromatic rings. The smallest absolute Gasteiger partial charge is 0.251 e. The Morgan fingerprint density at radius 1 is 0.875 bits per heavy atom. The highest BCUT2D eigenvalue weighted by Gasteiger charge is 2.08. The molecule has 0 aliphatic carbocycles. The van der Waals surface area contributed by atoms with Crippen molar-refractivity contribution in [3.63, 3.8) is 0 Å². The minimum absolute atomic E-state index is 0.0435. The Bertz CT molecular complexity index is 883. The number of rotatable bonds is 12. The summed E-state index contributed by atoms with van der Waals surface area (Å²) in [6.07, 6.45) is 1.73. The summed E-state index contributed by atoms with van der Waals surface area (Å²) in [5.41, 5.74) is 2.84. The first-order valence-corrected chi connectivity index (χ1v) is 11.3. The highest BCUT2D eigenvalue weighted by atomic mass is 16.5. The zero-order valence-corrected chi connectivity index (χ0v) is 19.7. The number of carbonyl (C=O) groups excluding carboxylic acids is 1. The summed E-state index contributed by atoms with van der Waals surface area (Å²) in [4.78, 5) is 16.5. The number of hydrogen-bond acceptors (Lipinski definition) is 4. The van der Waals surface area contributed by atoms with Crippen molar-refractivity contribution in [1.29, 1.82) is 0 Å². The topological polar surface area (TPSA) is 84.0 Å². The number of hydrogen-bond donors (Lipinski definition) is 3. The molecule has 0 atom stereocenters. The van der Waals surface area contributed by atoms with Crippen molar-refractivity contribution in [2.45, 2.75) is 40.2 Å². The molecule has 0 aromatic heterocycles. The predicted octanol–water partition coefficient (Wildman–Crippen LogP) is 3.53. The van der Waals surface area contributed by atoms with Crippen molar-refractivity contribution >= 4 is 11.9 Å². The minimum Gasteiger partial charge on any atom is -0.490 e. The first-order valence-electron chi connectivity index (χ1n) is 11.3. The van der Waals surface area contributed by atoms with E-state index in [1.807, 2.05) is 57.2 Å². The van der Waals surface area contributed by atoms with Gasteiger partial charge in [0.2, 0.25) is 0 Å². The fraction of sp³-hybridized carbons (Fsp3) is 0.440.